The summed E-state index contributed by atoms with van der Waals surface area (Å²) in [7, 11) is -3.58. The summed E-state index contributed by atoms with van der Waals surface area (Å²) >= 11 is 0. The average Bonchev–Trinajstić information content (AvgIpc) is 2.76. The largest absolute Gasteiger partial charge is 0.481 e. The van der Waals surface area contributed by atoms with E-state index in [1.165, 1.54) is 12.1 Å². The highest BCUT2D eigenvalue weighted by molar-refractivity contribution is 7.89. The van der Waals surface area contributed by atoms with Crippen molar-refractivity contribution in [2.24, 2.45) is 11.8 Å². The van der Waals surface area contributed by atoms with Crippen molar-refractivity contribution in [3.63, 3.8) is 0 Å². The zero-order valence-electron chi connectivity index (χ0n) is 18.0. The number of allylic oxidation sites excluding steroid dienone is 4. The summed E-state index contributed by atoms with van der Waals surface area (Å²) < 4.78 is 28.5. The summed E-state index contributed by atoms with van der Waals surface area (Å²) in [5.41, 5.74) is 2.56. The van der Waals surface area contributed by atoms with Crippen LogP contribution >= 0.6 is 0 Å². The molecule has 1 aromatic carbocycles. The van der Waals surface area contributed by atoms with Crippen molar-refractivity contribution in [1.82, 2.24) is 4.72 Å². The molecule has 3 aliphatic rings. The number of carbonyl (C=O) groups is 1. The Hall–Kier alpha value is -2.68. The number of sulfonamides is 1. The second-order valence-electron chi connectivity index (χ2n) is 8.55. The lowest BCUT2D eigenvalue weighted by atomic mass is 9.69. The van der Waals surface area contributed by atoms with Gasteiger partial charge in [0.15, 0.2) is 0 Å². The van der Waals surface area contributed by atoms with Crippen LogP contribution in [0.3, 0.4) is 0 Å². The Morgan fingerprint density at radius 1 is 1.19 bits per heavy atom. The lowest BCUT2D eigenvalue weighted by molar-refractivity contribution is -0.384. The second kappa shape index (κ2) is 10.8. The average molecular weight is 463 g/mol. The van der Waals surface area contributed by atoms with Gasteiger partial charge in [-0.2, -0.15) is 0 Å². The van der Waals surface area contributed by atoms with Crippen LogP contribution in [0.4, 0.5) is 5.69 Å². The van der Waals surface area contributed by atoms with Crippen LogP contribution in [0.5, 0.6) is 0 Å². The molecule has 2 bridgehead atoms. The molecule has 0 aliphatic heterocycles. The summed E-state index contributed by atoms with van der Waals surface area (Å²) in [4.78, 5) is 21.1. The van der Waals surface area contributed by atoms with Crippen LogP contribution in [-0.4, -0.2) is 30.2 Å². The zero-order chi connectivity index (χ0) is 23.1. The molecule has 0 radical (unpaired) electrons. The fourth-order valence-corrected chi connectivity index (χ4v) is 5.87. The summed E-state index contributed by atoms with van der Waals surface area (Å²) in [5.74, 6) is -0.318. The fraction of sp³-hybridized carbons (Fsp3) is 0.522. The molecule has 0 amide bonds. The van der Waals surface area contributed by atoms with Crippen molar-refractivity contribution in [3.8, 4) is 0 Å². The second-order valence-corrected chi connectivity index (χ2v) is 10.4. The predicted octanol–water partition coefficient (Wildman–Crippen LogP) is 4.33. The number of nitrogens with zero attached hydrogens (tertiary/aromatic N) is 1. The lowest BCUT2D eigenvalue weighted by Crippen LogP contribution is -2.37. The first-order valence-electron chi connectivity index (χ1n) is 11.1. The number of fused-ring (bicyclic) bond motifs is 2. The number of aryl methyl sites for hydroxylation is 1. The maximum Gasteiger partial charge on any atom is 0.303 e. The number of carboxylic acids is 1. The highest BCUT2D eigenvalue weighted by Crippen LogP contribution is 2.45. The molecule has 174 valence electrons. The Morgan fingerprint density at radius 3 is 2.59 bits per heavy atom. The fourth-order valence-electron chi connectivity index (χ4n) is 4.63. The van der Waals surface area contributed by atoms with E-state index in [2.05, 4.69) is 4.72 Å². The molecule has 1 aromatic rings. The van der Waals surface area contributed by atoms with E-state index in [4.69, 9.17) is 5.11 Å². The Morgan fingerprint density at radius 2 is 1.91 bits per heavy atom. The predicted molar refractivity (Wildman–Crippen MR) is 121 cm³/mol. The van der Waals surface area contributed by atoms with Crippen molar-refractivity contribution in [2.45, 2.75) is 57.8 Å². The number of unbranched alkanes of at least 4 members (excludes halogenated alkanes) is 1. The number of benzene rings is 1. The highest BCUT2D eigenvalue weighted by Gasteiger charge is 2.36. The van der Waals surface area contributed by atoms with E-state index in [1.54, 1.807) is 12.1 Å². The van der Waals surface area contributed by atoms with Gasteiger partial charge in [-0.05, 0) is 74.3 Å². The molecule has 1 fully saturated rings. The van der Waals surface area contributed by atoms with E-state index >= 15 is 0 Å². The molecule has 0 atom stereocenters. The molecule has 8 nitrogen and oxygen atoms in total. The maximum absolute atomic E-state index is 12.8. The molecule has 9 heteroatoms. The van der Waals surface area contributed by atoms with Gasteiger partial charge in [-0.3, -0.25) is 19.6 Å². The zero-order valence-corrected chi connectivity index (χ0v) is 18.9. The number of non-ortho nitro benzene ring substituents is 1. The third-order valence-corrected chi connectivity index (χ3v) is 7.56. The van der Waals surface area contributed by atoms with Gasteiger partial charge in [0.25, 0.3) is 5.69 Å². The van der Waals surface area contributed by atoms with Crippen LogP contribution < -0.4 is 4.72 Å². The van der Waals surface area contributed by atoms with Gasteiger partial charge in [-0.15, -0.1) is 0 Å². The third-order valence-electron chi connectivity index (χ3n) is 6.29. The standard InChI is InChI=1S/C23H30N2O6S/c26-22(27)9-4-2-1-3-8-21-18-10-12-19(13-11-18)23(21)24-32(30,31)15-14-17-6-5-7-20(16-17)25(28)29/h1,3,5-7,16,18-19,24H,2,4,8-15H2,(H,26,27). The molecule has 0 aromatic heterocycles. The van der Waals surface area contributed by atoms with Crippen LogP contribution in [0, 0.1) is 22.0 Å². The number of nitrogens with one attached hydrogen (secondary N) is 1. The Kier molecular flexibility index (Phi) is 8.06. The van der Waals surface area contributed by atoms with Crippen LogP contribution in [0.15, 0.2) is 47.7 Å². The molecule has 1 saturated carbocycles. The smallest absolute Gasteiger partial charge is 0.303 e. The van der Waals surface area contributed by atoms with E-state index in [0.29, 0.717) is 30.7 Å². The van der Waals surface area contributed by atoms with E-state index in [0.717, 1.165) is 37.0 Å². The van der Waals surface area contributed by atoms with Gasteiger partial charge < -0.3 is 5.11 Å². The molecule has 0 saturated heterocycles. The number of aliphatic carboxylic acids is 1. The van der Waals surface area contributed by atoms with Crippen molar-refractivity contribution in [1.29, 1.82) is 0 Å². The SMILES string of the molecule is O=C(O)CCCC=CCC1=C(NS(=O)(=O)CCc2cccc([N+](=O)[O-])c2)C2CCC1CC2. The normalized spacial score (nSPS) is 20.6. The molecular weight excluding hydrogens is 432 g/mol. The number of hydrogen-bond acceptors (Lipinski definition) is 5. The van der Waals surface area contributed by atoms with Gasteiger partial charge in [0, 0.05) is 24.3 Å². The topological polar surface area (TPSA) is 127 Å². The molecule has 32 heavy (non-hydrogen) atoms. The van der Waals surface area contributed by atoms with Crippen LogP contribution in [0.2, 0.25) is 0 Å². The van der Waals surface area contributed by atoms with E-state index < -0.39 is 20.9 Å². The Balaban J connectivity index is 1.65. The number of carboxylic acid groups (broad SMARTS) is 1. The monoisotopic (exact) mass is 462 g/mol. The minimum atomic E-state index is -3.58. The van der Waals surface area contributed by atoms with Crippen LogP contribution in [-0.2, 0) is 21.2 Å². The van der Waals surface area contributed by atoms with Gasteiger partial charge in [-0.25, -0.2) is 8.42 Å². The summed E-state index contributed by atoms with van der Waals surface area (Å²) in [6, 6.07) is 6.07. The summed E-state index contributed by atoms with van der Waals surface area (Å²) in [5, 5.41) is 19.7. The van der Waals surface area contributed by atoms with Gasteiger partial charge in [-0.1, -0.05) is 24.3 Å². The van der Waals surface area contributed by atoms with E-state index in [-0.39, 0.29) is 30.2 Å². The molecule has 0 heterocycles. The van der Waals surface area contributed by atoms with E-state index in [9.17, 15) is 23.3 Å². The molecule has 0 spiro atoms. The maximum atomic E-state index is 12.8. The number of hydrogen-bond donors (Lipinski definition) is 2. The third kappa shape index (κ3) is 6.66. The van der Waals surface area contributed by atoms with Crippen LogP contribution in [0.1, 0.15) is 56.9 Å². The van der Waals surface area contributed by atoms with Gasteiger partial charge in [0.05, 0.1) is 10.7 Å². The minimum Gasteiger partial charge on any atom is -0.481 e. The quantitative estimate of drug-likeness (QED) is 0.206. The molecule has 0 unspecified atom stereocenters. The summed E-state index contributed by atoms with van der Waals surface area (Å²) in [6.07, 6.45) is 10.4. The van der Waals surface area contributed by atoms with Gasteiger partial charge in [0.1, 0.15) is 0 Å². The van der Waals surface area contributed by atoms with Crippen LogP contribution in [0.25, 0.3) is 0 Å². The van der Waals surface area contributed by atoms with Gasteiger partial charge >= 0.3 is 5.97 Å². The minimum absolute atomic E-state index is 0.0439. The number of rotatable bonds is 12. The molecule has 2 N–H and O–H groups in total. The Labute approximate surface area is 188 Å². The molecule has 3 aliphatic carbocycles. The molecular formula is C23H30N2O6S. The van der Waals surface area contributed by atoms with E-state index in [1.807, 2.05) is 12.2 Å². The first-order chi connectivity index (χ1) is 15.2. The first-order valence-corrected chi connectivity index (χ1v) is 12.7. The Bertz CT molecular complexity index is 1010. The van der Waals surface area contributed by atoms with Crippen molar-refractivity contribution < 1.29 is 23.2 Å². The van der Waals surface area contributed by atoms with Crippen molar-refractivity contribution in [3.05, 3.63) is 63.4 Å². The lowest BCUT2D eigenvalue weighted by Gasteiger charge is -2.40. The van der Waals surface area contributed by atoms with Crippen molar-refractivity contribution >= 4 is 21.7 Å². The highest BCUT2D eigenvalue weighted by atomic mass is 32.2. The molecule has 4 rings (SSSR count). The number of nitro benzene ring substituents is 1. The van der Waals surface area contributed by atoms with Gasteiger partial charge in [0.2, 0.25) is 10.0 Å². The number of nitro groups is 1. The summed E-state index contributed by atoms with van der Waals surface area (Å²) in [6.45, 7) is 0. The first kappa shape index (κ1) is 24.0. The van der Waals surface area contributed by atoms with Crippen molar-refractivity contribution in [2.75, 3.05) is 5.75 Å².